The van der Waals surface area contributed by atoms with Crippen LogP contribution < -0.4 is 5.32 Å². The molecule has 0 bridgehead atoms. The summed E-state index contributed by atoms with van der Waals surface area (Å²) in [5.74, 6) is -1.69. The van der Waals surface area contributed by atoms with Crippen LogP contribution in [0.4, 0.5) is 13.2 Å². The molecule has 21 heavy (non-hydrogen) atoms. The third-order valence-electron chi connectivity index (χ3n) is 2.16. The lowest BCUT2D eigenvalue weighted by molar-refractivity contribution is -0.138. The van der Waals surface area contributed by atoms with E-state index in [0.717, 1.165) is 11.0 Å². The van der Waals surface area contributed by atoms with Gasteiger partial charge < -0.3 is 10.2 Å². The molecule has 0 aliphatic rings. The van der Waals surface area contributed by atoms with Crippen molar-refractivity contribution < 1.29 is 22.8 Å². The van der Waals surface area contributed by atoms with Gasteiger partial charge in [0.1, 0.15) is 6.54 Å². The summed E-state index contributed by atoms with van der Waals surface area (Å²) in [7, 11) is 1.22. The molecule has 1 N–H and O–H groups in total. The van der Waals surface area contributed by atoms with Crippen LogP contribution >= 0.6 is 23.2 Å². The highest BCUT2D eigenvalue weighted by Gasteiger charge is 2.28. The van der Waals surface area contributed by atoms with Gasteiger partial charge in [0.15, 0.2) is 10.3 Å². The third kappa shape index (κ3) is 5.72. The topological polar surface area (TPSA) is 75.2 Å². The molecular formula is C10H9Cl2F3N4O2. The maximum Gasteiger partial charge on any atom is 0.405 e. The lowest BCUT2D eigenvalue weighted by atomic mass is 10.2. The number of amides is 2. The van der Waals surface area contributed by atoms with Gasteiger partial charge in [-0.05, 0) is 6.07 Å². The van der Waals surface area contributed by atoms with Gasteiger partial charge in [-0.25, -0.2) is 0 Å². The van der Waals surface area contributed by atoms with Gasteiger partial charge in [-0.1, -0.05) is 23.2 Å². The van der Waals surface area contributed by atoms with Crippen molar-refractivity contribution in [1.82, 2.24) is 20.4 Å². The third-order valence-corrected chi connectivity index (χ3v) is 2.63. The van der Waals surface area contributed by atoms with E-state index < -0.39 is 31.1 Å². The highest BCUT2D eigenvalue weighted by atomic mass is 35.5. The van der Waals surface area contributed by atoms with Crippen LogP contribution in [0.5, 0.6) is 0 Å². The van der Waals surface area contributed by atoms with E-state index in [4.69, 9.17) is 23.2 Å². The summed E-state index contributed by atoms with van der Waals surface area (Å²) >= 11 is 11.2. The summed E-state index contributed by atoms with van der Waals surface area (Å²) in [4.78, 5) is 24.1. The largest absolute Gasteiger partial charge is 0.405 e. The zero-order chi connectivity index (χ0) is 16.2. The second-order valence-corrected chi connectivity index (χ2v) is 4.67. The second kappa shape index (κ2) is 6.90. The minimum Gasteiger partial charge on any atom is -0.345 e. The molecule has 0 fully saturated rings. The molecule has 0 spiro atoms. The molecule has 2 amide bonds. The number of rotatable bonds is 4. The van der Waals surface area contributed by atoms with E-state index in [1.54, 1.807) is 5.32 Å². The van der Waals surface area contributed by atoms with Crippen molar-refractivity contribution in [2.24, 2.45) is 0 Å². The summed E-state index contributed by atoms with van der Waals surface area (Å²) < 4.78 is 35.8. The number of hydrogen-bond donors (Lipinski definition) is 1. The van der Waals surface area contributed by atoms with Crippen molar-refractivity contribution in [2.45, 2.75) is 6.18 Å². The van der Waals surface area contributed by atoms with Crippen molar-refractivity contribution in [3.8, 4) is 0 Å². The summed E-state index contributed by atoms with van der Waals surface area (Å²) in [6, 6.07) is 1.14. The quantitative estimate of drug-likeness (QED) is 0.898. The Morgan fingerprint density at radius 3 is 2.52 bits per heavy atom. The fourth-order valence-electron chi connectivity index (χ4n) is 1.25. The Labute approximate surface area is 127 Å². The molecule has 0 aromatic carbocycles. The fraction of sp³-hybridized carbons (Fsp3) is 0.400. The van der Waals surface area contributed by atoms with Crippen LogP contribution in [0.25, 0.3) is 0 Å². The van der Waals surface area contributed by atoms with E-state index in [-0.39, 0.29) is 15.9 Å². The summed E-state index contributed by atoms with van der Waals surface area (Å²) in [5.41, 5.74) is -0.109. The summed E-state index contributed by atoms with van der Waals surface area (Å²) in [6.45, 7) is -2.05. The lowest BCUT2D eigenvalue weighted by Gasteiger charge is -2.17. The standard InChI is InChI=1S/C10H9Cl2F3N4O2/c1-19(3-7(20)16-4-10(13,14)15)9(21)5-2-6(11)17-18-8(5)12/h2H,3-4H2,1H3,(H,16,20). The van der Waals surface area contributed by atoms with E-state index in [1.165, 1.54) is 7.05 Å². The van der Waals surface area contributed by atoms with Gasteiger partial charge in [0.2, 0.25) is 5.91 Å². The fourth-order valence-corrected chi connectivity index (χ4v) is 1.57. The average molecular weight is 345 g/mol. The zero-order valence-electron chi connectivity index (χ0n) is 10.5. The highest BCUT2D eigenvalue weighted by Crippen LogP contribution is 2.17. The van der Waals surface area contributed by atoms with Crippen molar-refractivity contribution >= 4 is 35.0 Å². The minimum atomic E-state index is -4.52. The number of likely N-dealkylation sites (N-methyl/N-ethyl adjacent to an activating group) is 1. The predicted octanol–water partition coefficient (Wildman–Crippen LogP) is 1.53. The number of nitrogens with one attached hydrogen (secondary N) is 1. The van der Waals surface area contributed by atoms with Crippen LogP contribution in [0, 0.1) is 0 Å². The molecule has 11 heteroatoms. The highest BCUT2D eigenvalue weighted by molar-refractivity contribution is 6.34. The van der Waals surface area contributed by atoms with E-state index in [1.807, 2.05) is 0 Å². The van der Waals surface area contributed by atoms with Gasteiger partial charge in [0.25, 0.3) is 5.91 Å². The first-order valence-electron chi connectivity index (χ1n) is 5.38. The first-order chi connectivity index (χ1) is 9.60. The molecule has 0 radical (unpaired) electrons. The smallest absolute Gasteiger partial charge is 0.345 e. The van der Waals surface area contributed by atoms with Gasteiger partial charge >= 0.3 is 6.18 Å². The normalized spacial score (nSPS) is 11.1. The Morgan fingerprint density at radius 2 is 1.95 bits per heavy atom. The van der Waals surface area contributed by atoms with Crippen molar-refractivity contribution in [3.63, 3.8) is 0 Å². The zero-order valence-corrected chi connectivity index (χ0v) is 12.1. The molecule has 1 rings (SSSR count). The molecule has 1 aromatic heterocycles. The molecule has 0 aliphatic heterocycles. The van der Waals surface area contributed by atoms with Gasteiger partial charge in [-0.2, -0.15) is 13.2 Å². The van der Waals surface area contributed by atoms with Gasteiger partial charge in [0.05, 0.1) is 12.1 Å². The van der Waals surface area contributed by atoms with E-state index >= 15 is 0 Å². The number of halogens is 5. The Balaban J connectivity index is 2.66. The number of carbonyl (C=O) groups excluding carboxylic acids is 2. The monoisotopic (exact) mass is 344 g/mol. The Bertz CT molecular complexity index is 554. The van der Waals surface area contributed by atoms with Gasteiger partial charge in [-0.3, -0.25) is 9.59 Å². The van der Waals surface area contributed by atoms with Crippen molar-refractivity contribution in [1.29, 1.82) is 0 Å². The summed E-state index contributed by atoms with van der Waals surface area (Å²) in [6.07, 6.45) is -4.52. The number of hydrogen-bond acceptors (Lipinski definition) is 4. The molecule has 0 saturated carbocycles. The lowest BCUT2D eigenvalue weighted by Crippen LogP contribution is -2.41. The Hall–Kier alpha value is -1.61. The maximum atomic E-state index is 12.0. The number of carbonyl (C=O) groups is 2. The van der Waals surface area contributed by atoms with Crippen LogP contribution in [0.2, 0.25) is 10.3 Å². The molecule has 0 saturated heterocycles. The molecule has 6 nitrogen and oxygen atoms in total. The van der Waals surface area contributed by atoms with Gasteiger partial charge in [0, 0.05) is 7.05 Å². The van der Waals surface area contributed by atoms with Crippen LogP contribution in [0.3, 0.4) is 0 Å². The van der Waals surface area contributed by atoms with Crippen LogP contribution in [-0.2, 0) is 4.79 Å². The minimum absolute atomic E-state index is 0.0855. The average Bonchev–Trinajstić information content (AvgIpc) is 2.37. The first kappa shape index (κ1) is 17.4. The predicted molar refractivity (Wildman–Crippen MR) is 68.1 cm³/mol. The summed E-state index contributed by atoms with van der Waals surface area (Å²) in [5, 5.41) is 8.15. The van der Waals surface area contributed by atoms with Crippen LogP contribution in [-0.4, -0.2) is 53.2 Å². The Kier molecular flexibility index (Phi) is 5.73. The second-order valence-electron chi connectivity index (χ2n) is 3.92. The molecule has 1 aromatic rings. The molecule has 0 unspecified atom stereocenters. The van der Waals surface area contributed by atoms with Crippen LogP contribution in [0.15, 0.2) is 6.07 Å². The SMILES string of the molecule is CN(CC(=O)NCC(F)(F)F)C(=O)c1cc(Cl)nnc1Cl. The van der Waals surface area contributed by atoms with E-state index in [2.05, 4.69) is 10.2 Å². The maximum absolute atomic E-state index is 12.0. The van der Waals surface area contributed by atoms with Crippen molar-refractivity contribution in [3.05, 3.63) is 21.9 Å². The number of nitrogens with zero attached hydrogens (tertiary/aromatic N) is 3. The number of aromatic nitrogens is 2. The Morgan fingerprint density at radius 1 is 1.33 bits per heavy atom. The molecular weight excluding hydrogens is 336 g/mol. The van der Waals surface area contributed by atoms with E-state index in [0.29, 0.717) is 0 Å². The molecule has 0 atom stereocenters. The van der Waals surface area contributed by atoms with Crippen molar-refractivity contribution in [2.75, 3.05) is 20.1 Å². The first-order valence-corrected chi connectivity index (χ1v) is 6.13. The van der Waals surface area contributed by atoms with Crippen LogP contribution in [0.1, 0.15) is 10.4 Å². The molecule has 0 aliphatic carbocycles. The molecule has 116 valence electrons. The molecule has 1 heterocycles. The van der Waals surface area contributed by atoms with Gasteiger partial charge in [-0.15, -0.1) is 10.2 Å². The number of alkyl halides is 3. The van der Waals surface area contributed by atoms with E-state index in [9.17, 15) is 22.8 Å².